The molecular weight excluding hydrogens is 563 g/mol. The number of carboxylic acid groups (broad SMARTS) is 1. The molecule has 0 spiro atoms. The van der Waals surface area contributed by atoms with Gasteiger partial charge in [0, 0.05) is 53.4 Å². The summed E-state index contributed by atoms with van der Waals surface area (Å²) in [6, 6.07) is 18.4. The summed E-state index contributed by atoms with van der Waals surface area (Å²) >= 11 is 0. The van der Waals surface area contributed by atoms with Crippen molar-refractivity contribution in [2.75, 3.05) is 19.6 Å². The van der Waals surface area contributed by atoms with Crippen molar-refractivity contribution in [2.45, 2.75) is 32.0 Å². The standard InChI is InChI=1S/C28H31N7O.C2HF3O2/c1-33-19-26(21-10-3-4-11-24(21)33)35-27(23(17-30)32-28(35)36)22-18-34(25-12-5-2-9-20(22)25)16-8-15-31-14-7-6-13-29;3-2(4,5)1(6)7/h2-5,9-12,18-19,31H,6-8,13-16,29H2,1H3,(H,32,36);(H,6,7). The molecule has 5 N–H and O–H groups in total. The molecule has 0 saturated heterocycles. The van der Waals surface area contributed by atoms with Gasteiger partial charge in [-0.05, 0) is 51.0 Å². The van der Waals surface area contributed by atoms with E-state index in [-0.39, 0.29) is 11.4 Å². The maximum Gasteiger partial charge on any atom is 0.490 e. The third-order valence-electron chi connectivity index (χ3n) is 6.97. The van der Waals surface area contributed by atoms with E-state index in [9.17, 15) is 23.2 Å². The number of nitrogens with two attached hydrogens (primary N) is 1. The minimum atomic E-state index is -5.08. The average Bonchev–Trinajstić information content (AvgIpc) is 3.62. The predicted molar refractivity (Wildman–Crippen MR) is 158 cm³/mol. The molecular formula is C30H32F3N7O3. The van der Waals surface area contributed by atoms with Crippen LogP contribution in [0.15, 0.2) is 65.7 Å². The Morgan fingerprint density at radius 1 is 1.02 bits per heavy atom. The van der Waals surface area contributed by atoms with Crippen LogP contribution in [0.25, 0.3) is 38.8 Å². The van der Waals surface area contributed by atoms with Crippen molar-refractivity contribution in [2.24, 2.45) is 12.8 Å². The van der Waals surface area contributed by atoms with Crippen molar-refractivity contribution in [3.63, 3.8) is 0 Å². The first-order valence-electron chi connectivity index (χ1n) is 13.7. The molecule has 0 bridgehead atoms. The lowest BCUT2D eigenvalue weighted by Gasteiger charge is -2.07. The number of hydrogen-bond donors (Lipinski definition) is 4. The molecule has 0 aliphatic rings. The number of nitrogens with zero attached hydrogens (tertiary/aromatic N) is 4. The summed E-state index contributed by atoms with van der Waals surface area (Å²) < 4.78 is 37.6. The van der Waals surface area contributed by atoms with Gasteiger partial charge in [-0.2, -0.15) is 18.4 Å². The molecule has 0 saturated carbocycles. The van der Waals surface area contributed by atoms with Gasteiger partial charge in [-0.3, -0.25) is 9.55 Å². The number of nitrogens with one attached hydrogen (secondary N) is 2. The zero-order chi connectivity index (χ0) is 31.1. The number of aliphatic carboxylic acids is 1. The number of nitriles is 1. The van der Waals surface area contributed by atoms with Gasteiger partial charge in [-0.15, -0.1) is 0 Å². The Balaban J connectivity index is 0.000000541. The second-order valence-electron chi connectivity index (χ2n) is 9.90. The van der Waals surface area contributed by atoms with Crippen LogP contribution in [0.5, 0.6) is 0 Å². The number of fused-ring (bicyclic) bond motifs is 2. The van der Waals surface area contributed by atoms with E-state index < -0.39 is 12.1 Å². The van der Waals surface area contributed by atoms with Crippen LogP contribution in [0.1, 0.15) is 25.0 Å². The van der Waals surface area contributed by atoms with Crippen LogP contribution in [0.3, 0.4) is 0 Å². The SMILES string of the molecule is Cn1cc(-n2c(-c3cn(CCCNCCCCN)c4ccccc34)c(C#N)[nH]c2=O)c2ccccc21.O=C(O)C(F)(F)F. The lowest BCUT2D eigenvalue weighted by Crippen LogP contribution is -2.21. The summed E-state index contributed by atoms with van der Waals surface area (Å²) in [5, 5.41) is 22.5. The Morgan fingerprint density at radius 3 is 2.30 bits per heavy atom. The lowest BCUT2D eigenvalue weighted by molar-refractivity contribution is -0.192. The molecule has 43 heavy (non-hydrogen) atoms. The van der Waals surface area contributed by atoms with Crippen molar-refractivity contribution < 1.29 is 23.1 Å². The molecule has 2 aromatic carbocycles. The number of para-hydroxylation sites is 2. The summed E-state index contributed by atoms with van der Waals surface area (Å²) in [5.41, 5.74) is 9.82. The van der Waals surface area contributed by atoms with Crippen LogP contribution in [0.2, 0.25) is 0 Å². The first-order valence-corrected chi connectivity index (χ1v) is 13.7. The summed E-state index contributed by atoms with van der Waals surface area (Å²) in [6.07, 6.45) is 2.03. The monoisotopic (exact) mass is 595 g/mol. The van der Waals surface area contributed by atoms with Crippen LogP contribution in [0, 0.1) is 11.3 Å². The molecule has 0 radical (unpaired) electrons. The van der Waals surface area contributed by atoms with Gasteiger partial charge in [0.1, 0.15) is 11.8 Å². The number of carboxylic acids is 1. The van der Waals surface area contributed by atoms with Crippen molar-refractivity contribution in [1.29, 1.82) is 5.26 Å². The van der Waals surface area contributed by atoms with Crippen LogP contribution < -0.4 is 16.7 Å². The van der Waals surface area contributed by atoms with Gasteiger partial charge in [-0.1, -0.05) is 36.4 Å². The van der Waals surface area contributed by atoms with Gasteiger partial charge in [0.15, 0.2) is 0 Å². The molecule has 3 aromatic heterocycles. The van der Waals surface area contributed by atoms with Gasteiger partial charge in [0.25, 0.3) is 0 Å². The van der Waals surface area contributed by atoms with E-state index in [2.05, 4.69) is 39.3 Å². The molecule has 13 heteroatoms. The fraction of sp³-hybridized carbons (Fsp3) is 0.300. The van der Waals surface area contributed by atoms with Crippen LogP contribution in [-0.4, -0.2) is 55.6 Å². The molecule has 3 heterocycles. The maximum atomic E-state index is 13.2. The second kappa shape index (κ2) is 13.5. The van der Waals surface area contributed by atoms with E-state index in [0.29, 0.717) is 5.69 Å². The summed E-state index contributed by atoms with van der Waals surface area (Å²) in [5.74, 6) is -2.76. The second-order valence-corrected chi connectivity index (χ2v) is 9.90. The fourth-order valence-electron chi connectivity index (χ4n) is 5.01. The third kappa shape index (κ3) is 6.82. The molecule has 0 amide bonds. The molecule has 5 rings (SSSR count). The van der Waals surface area contributed by atoms with E-state index >= 15 is 0 Å². The molecule has 0 atom stereocenters. The Hall–Kier alpha value is -4.80. The van der Waals surface area contributed by atoms with Gasteiger partial charge in [0.05, 0.1) is 11.4 Å². The highest BCUT2D eigenvalue weighted by atomic mass is 19.4. The molecule has 0 fully saturated rings. The zero-order valence-corrected chi connectivity index (χ0v) is 23.5. The number of aromatic nitrogens is 4. The average molecular weight is 596 g/mol. The van der Waals surface area contributed by atoms with E-state index in [4.69, 9.17) is 15.6 Å². The summed E-state index contributed by atoms with van der Waals surface area (Å²) in [4.78, 5) is 24.9. The summed E-state index contributed by atoms with van der Waals surface area (Å²) in [6.45, 7) is 3.45. The van der Waals surface area contributed by atoms with E-state index in [1.54, 1.807) is 4.57 Å². The van der Waals surface area contributed by atoms with Crippen molar-refractivity contribution in [3.8, 4) is 23.0 Å². The number of aromatic amines is 1. The van der Waals surface area contributed by atoms with Crippen molar-refractivity contribution >= 4 is 27.8 Å². The molecule has 0 aliphatic heterocycles. The van der Waals surface area contributed by atoms with E-state index in [1.807, 2.05) is 54.2 Å². The van der Waals surface area contributed by atoms with Gasteiger partial charge in [0.2, 0.25) is 0 Å². The molecule has 0 aliphatic carbocycles. The smallest absolute Gasteiger partial charge is 0.475 e. The topological polar surface area (TPSA) is 147 Å². The number of carbonyl (C=O) groups is 1. The Morgan fingerprint density at radius 2 is 1.65 bits per heavy atom. The number of imidazole rings is 1. The Bertz CT molecular complexity index is 1820. The molecule has 5 aromatic rings. The van der Waals surface area contributed by atoms with Crippen molar-refractivity contribution in [3.05, 3.63) is 77.1 Å². The molecule has 10 nitrogen and oxygen atoms in total. The first kappa shape index (κ1) is 31.1. The van der Waals surface area contributed by atoms with E-state index in [1.165, 1.54) is 0 Å². The molecule has 0 unspecified atom stereocenters. The third-order valence-corrected chi connectivity index (χ3v) is 6.97. The predicted octanol–water partition coefficient (Wildman–Crippen LogP) is 4.50. The maximum absolute atomic E-state index is 13.2. The van der Waals surface area contributed by atoms with Gasteiger partial charge < -0.3 is 25.3 Å². The van der Waals surface area contributed by atoms with Gasteiger partial charge >= 0.3 is 17.8 Å². The lowest BCUT2D eigenvalue weighted by atomic mass is 10.1. The highest BCUT2D eigenvalue weighted by Gasteiger charge is 2.38. The van der Waals surface area contributed by atoms with Gasteiger partial charge in [-0.25, -0.2) is 9.59 Å². The minimum absolute atomic E-state index is 0.261. The zero-order valence-electron chi connectivity index (χ0n) is 23.5. The highest BCUT2D eigenvalue weighted by Crippen LogP contribution is 2.35. The minimum Gasteiger partial charge on any atom is -0.475 e. The quantitative estimate of drug-likeness (QED) is 0.175. The van der Waals surface area contributed by atoms with Crippen molar-refractivity contribution in [1.82, 2.24) is 24.0 Å². The van der Waals surface area contributed by atoms with E-state index in [0.717, 1.165) is 78.5 Å². The number of unbranched alkanes of at least 4 members (excludes halogenated alkanes) is 1. The highest BCUT2D eigenvalue weighted by molar-refractivity contribution is 5.98. The number of halogens is 3. The normalized spacial score (nSPS) is 11.4. The van der Waals surface area contributed by atoms with Crippen LogP contribution in [0.4, 0.5) is 13.2 Å². The van der Waals surface area contributed by atoms with Crippen LogP contribution in [-0.2, 0) is 18.4 Å². The van der Waals surface area contributed by atoms with Crippen LogP contribution >= 0.6 is 0 Å². The number of alkyl halides is 3. The number of aryl methyl sites for hydroxylation is 2. The number of hydrogen-bond acceptors (Lipinski definition) is 5. The fourth-order valence-corrected chi connectivity index (χ4v) is 5.01. The largest absolute Gasteiger partial charge is 0.490 e. The number of rotatable bonds is 10. The summed E-state index contributed by atoms with van der Waals surface area (Å²) in [7, 11) is 1.96. The molecule has 226 valence electrons. The number of benzene rings is 2. The number of H-pyrrole nitrogens is 1. The Labute approximate surface area is 244 Å². The Kier molecular flexibility index (Phi) is 9.74. The first-order chi connectivity index (χ1) is 20.6.